The molecule has 1 aromatic heterocycles. The molecule has 282 valence electrons. The average molecular weight is 719 g/mol. The van der Waals surface area contributed by atoms with E-state index >= 15 is 0 Å². The molecule has 2 heterocycles. The zero-order valence-corrected chi connectivity index (χ0v) is 31.9. The molecule has 1 saturated heterocycles. The van der Waals surface area contributed by atoms with E-state index < -0.39 is 17.7 Å². The highest BCUT2D eigenvalue weighted by molar-refractivity contribution is 5.72. The number of allylic oxidation sites excluding steroid dienone is 11. The van der Waals surface area contributed by atoms with E-state index in [-0.39, 0.29) is 30.5 Å². The second-order valence-electron chi connectivity index (χ2n) is 11.5. The highest BCUT2D eigenvalue weighted by Crippen LogP contribution is 2.28. The first-order chi connectivity index (χ1) is 25.1. The van der Waals surface area contributed by atoms with Gasteiger partial charge in [0.2, 0.25) is 5.88 Å². The Hall–Kier alpha value is -4.88. The van der Waals surface area contributed by atoms with Crippen molar-refractivity contribution in [2.45, 2.75) is 86.2 Å². The number of hydrogen-bond donors (Lipinski definition) is 1. The minimum absolute atomic E-state index is 0.0723. The van der Waals surface area contributed by atoms with Gasteiger partial charge in [0.1, 0.15) is 18.3 Å². The Bertz CT molecular complexity index is 1610. The number of likely N-dealkylation sites (N-methyl/N-ethyl adjacent to an activating group) is 1. The molecule has 2 atom stereocenters. The first kappa shape index (κ1) is 45.1. The molecule has 2 unspecified atom stereocenters. The molecular formula is C42H56F2N4O4. The lowest BCUT2D eigenvalue weighted by Crippen LogP contribution is -2.38. The highest BCUT2D eigenvalue weighted by atomic mass is 19.1. The van der Waals surface area contributed by atoms with Gasteiger partial charge in [-0.1, -0.05) is 77.6 Å². The topological polar surface area (TPSA) is 108 Å². The van der Waals surface area contributed by atoms with Crippen molar-refractivity contribution in [1.82, 2.24) is 9.88 Å². The van der Waals surface area contributed by atoms with E-state index in [0.29, 0.717) is 42.8 Å². The number of halogens is 2. The second kappa shape index (κ2) is 25.1. The number of carboxylic acids is 1. The van der Waals surface area contributed by atoms with E-state index in [1.807, 2.05) is 72.0 Å². The van der Waals surface area contributed by atoms with Crippen molar-refractivity contribution in [1.29, 1.82) is 5.26 Å². The molecule has 0 spiro atoms. The van der Waals surface area contributed by atoms with E-state index in [0.717, 1.165) is 42.1 Å². The van der Waals surface area contributed by atoms with Gasteiger partial charge in [-0.15, -0.1) is 0 Å². The van der Waals surface area contributed by atoms with Crippen LogP contribution >= 0.6 is 0 Å². The molecule has 1 fully saturated rings. The Labute approximate surface area is 309 Å². The van der Waals surface area contributed by atoms with Crippen LogP contribution < -0.4 is 4.74 Å². The fourth-order valence-corrected chi connectivity index (χ4v) is 5.07. The molecule has 0 radical (unpaired) electrons. The molecule has 0 bridgehead atoms. The van der Waals surface area contributed by atoms with Gasteiger partial charge in [0.05, 0.1) is 29.5 Å². The molecule has 2 aliphatic carbocycles. The van der Waals surface area contributed by atoms with Gasteiger partial charge in [0, 0.05) is 49.5 Å². The summed E-state index contributed by atoms with van der Waals surface area (Å²) in [7, 11) is 2.00. The summed E-state index contributed by atoms with van der Waals surface area (Å²) in [5.41, 5.74) is 4.78. The molecule has 52 heavy (non-hydrogen) atoms. The van der Waals surface area contributed by atoms with Crippen molar-refractivity contribution in [3.63, 3.8) is 0 Å². The van der Waals surface area contributed by atoms with Crippen molar-refractivity contribution in [2.75, 3.05) is 26.8 Å². The normalized spacial score (nSPS) is 21.5. The van der Waals surface area contributed by atoms with Crippen molar-refractivity contribution < 1.29 is 28.2 Å². The minimum Gasteiger partial charge on any atom is -0.481 e. The first-order valence-corrected chi connectivity index (χ1v) is 17.9. The molecule has 3 aliphatic rings. The van der Waals surface area contributed by atoms with E-state index in [9.17, 15) is 13.6 Å². The quantitative estimate of drug-likeness (QED) is 0.130. The van der Waals surface area contributed by atoms with Gasteiger partial charge >= 0.3 is 5.97 Å². The van der Waals surface area contributed by atoms with Crippen molar-refractivity contribution >= 4 is 18.3 Å². The molecule has 1 aromatic rings. The summed E-state index contributed by atoms with van der Waals surface area (Å²) in [5, 5.41) is 17.9. The minimum atomic E-state index is -0.786. The van der Waals surface area contributed by atoms with Crippen molar-refractivity contribution in [3.05, 3.63) is 113 Å². The average Bonchev–Trinajstić information content (AvgIpc) is 3.36. The van der Waals surface area contributed by atoms with E-state index in [1.165, 1.54) is 12.2 Å². The van der Waals surface area contributed by atoms with Gasteiger partial charge in [0.15, 0.2) is 0 Å². The number of ether oxygens (including phenoxy) is 2. The van der Waals surface area contributed by atoms with Gasteiger partial charge in [-0.05, 0) is 75.1 Å². The number of carboxylic acid groups (broad SMARTS) is 1. The zero-order valence-electron chi connectivity index (χ0n) is 31.9. The number of aliphatic imine (C=N–C) groups is 1. The highest BCUT2D eigenvalue weighted by Gasteiger charge is 2.24. The summed E-state index contributed by atoms with van der Waals surface area (Å²) < 4.78 is 38.9. The summed E-state index contributed by atoms with van der Waals surface area (Å²) in [5.74, 6) is -1.67. The second-order valence-corrected chi connectivity index (χ2v) is 11.5. The Balaban J connectivity index is 0.000000507. The summed E-state index contributed by atoms with van der Waals surface area (Å²) in [6.45, 7) is 20.0. The first-order valence-electron chi connectivity index (χ1n) is 17.9. The molecule has 1 N–H and O–H groups in total. The van der Waals surface area contributed by atoms with Crippen LogP contribution in [0.15, 0.2) is 112 Å². The monoisotopic (exact) mass is 718 g/mol. The largest absolute Gasteiger partial charge is 0.481 e. The van der Waals surface area contributed by atoms with Gasteiger partial charge in [0.25, 0.3) is 0 Å². The molecule has 0 saturated carbocycles. The maximum atomic E-state index is 14.2. The molecular weight excluding hydrogens is 662 g/mol. The summed E-state index contributed by atoms with van der Waals surface area (Å²) >= 11 is 0. The Morgan fingerprint density at radius 2 is 1.92 bits per heavy atom. The van der Waals surface area contributed by atoms with Crippen LogP contribution in [-0.2, 0) is 9.53 Å². The van der Waals surface area contributed by atoms with Crippen LogP contribution in [0, 0.1) is 17.2 Å². The molecule has 0 amide bonds. The number of rotatable bonds is 12. The number of nitriles is 1. The zero-order chi connectivity index (χ0) is 39.1. The Morgan fingerprint density at radius 3 is 2.50 bits per heavy atom. The maximum Gasteiger partial charge on any atom is 0.310 e. The van der Waals surface area contributed by atoms with Crippen LogP contribution in [0.5, 0.6) is 5.88 Å². The number of aliphatic carboxylic acids is 1. The molecule has 1 aliphatic heterocycles. The van der Waals surface area contributed by atoms with Crippen LogP contribution in [0.2, 0.25) is 0 Å². The van der Waals surface area contributed by atoms with Crippen LogP contribution in [0.4, 0.5) is 8.78 Å². The van der Waals surface area contributed by atoms with Crippen molar-refractivity contribution in [3.8, 4) is 11.9 Å². The number of hydrogen-bond acceptors (Lipinski definition) is 7. The number of carbonyl (C=O) groups is 1. The molecule has 8 nitrogen and oxygen atoms in total. The summed E-state index contributed by atoms with van der Waals surface area (Å²) in [6.07, 6.45) is 16.2. The number of aromatic nitrogens is 1. The van der Waals surface area contributed by atoms with Gasteiger partial charge in [-0.3, -0.25) is 9.79 Å². The summed E-state index contributed by atoms with van der Waals surface area (Å²) in [6, 6.07) is 7.26. The number of pyridine rings is 1. The van der Waals surface area contributed by atoms with Gasteiger partial charge in [-0.25, -0.2) is 13.8 Å². The maximum absolute atomic E-state index is 14.2. The lowest BCUT2D eigenvalue weighted by molar-refractivity contribution is -0.140. The fraction of sp³-hybridized carbons (Fsp3) is 0.429. The fourth-order valence-electron chi connectivity index (χ4n) is 5.07. The Kier molecular flexibility index (Phi) is 21.8. The van der Waals surface area contributed by atoms with E-state index in [1.54, 1.807) is 31.2 Å². The van der Waals surface area contributed by atoms with Crippen LogP contribution in [0.1, 0.15) is 85.8 Å². The lowest BCUT2D eigenvalue weighted by atomic mass is 10.0. The predicted octanol–water partition coefficient (Wildman–Crippen LogP) is 10.4. The smallest absolute Gasteiger partial charge is 0.310 e. The SMILES string of the molecule is C=C(F)/C(=C\C=C(/C)C#N)COc1cccc(/C2=C/C/C(F)=C(CC)\C=C/C2)n1.C=NC1=C(N(C)CC2CCO2)CCC(C(=O)O)C=C1.CC.CC. The van der Waals surface area contributed by atoms with Gasteiger partial charge < -0.3 is 19.5 Å². The third-order valence-corrected chi connectivity index (χ3v) is 8.09. The van der Waals surface area contributed by atoms with E-state index in [2.05, 4.69) is 28.2 Å². The molecule has 0 aromatic carbocycles. The van der Waals surface area contributed by atoms with E-state index in [4.69, 9.17) is 19.8 Å². The standard InChI is InChI=1S/C24H24F2N2O.C14H20N2O3.2C2H6/c1-4-19-7-5-8-20(13-14-22(19)26)23-9-6-10-24(28-23)29-16-21(18(3)25)12-11-17(2)15-27;1-15-12-5-3-10(14(17)18)4-6-13(12)16(2)9-11-7-8-19-11;2*1-2/h5-7,9-13H,3-4,8,14,16H2,1-2H3;3,5,10-11H,1,4,6-9H2,2H3,(H,17,18);2*1-2H3/b7-5-,17-11+,20-13+,21-12-,22-19+;;;. The predicted molar refractivity (Wildman–Crippen MR) is 208 cm³/mol. The van der Waals surface area contributed by atoms with Crippen LogP contribution in [0.25, 0.3) is 5.57 Å². The third kappa shape index (κ3) is 15.2. The molecule has 4 rings (SSSR count). The Morgan fingerprint density at radius 1 is 1.21 bits per heavy atom. The van der Waals surface area contributed by atoms with Gasteiger partial charge in [-0.2, -0.15) is 5.26 Å². The third-order valence-electron chi connectivity index (χ3n) is 8.09. The lowest BCUT2D eigenvalue weighted by Gasteiger charge is -2.33. The van der Waals surface area contributed by atoms with Crippen molar-refractivity contribution in [2.24, 2.45) is 10.9 Å². The summed E-state index contributed by atoms with van der Waals surface area (Å²) in [4.78, 5) is 21.7. The number of nitrogens with zero attached hydrogens (tertiary/aromatic N) is 4. The van der Waals surface area contributed by atoms with Crippen LogP contribution in [0.3, 0.4) is 0 Å². The molecule has 10 heteroatoms. The van der Waals surface area contributed by atoms with Crippen LogP contribution in [-0.4, -0.2) is 60.6 Å².